The van der Waals surface area contributed by atoms with Gasteiger partial charge in [-0.1, -0.05) is 30.3 Å². The number of carbonyl (C=O) groups is 1. The Balaban J connectivity index is 1.63. The third kappa shape index (κ3) is 3.87. The summed E-state index contributed by atoms with van der Waals surface area (Å²) in [6.45, 7) is 5.97. The summed E-state index contributed by atoms with van der Waals surface area (Å²) in [4.78, 5) is 20.9. The van der Waals surface area contributed by atoms with E-state index < -0.39 is 5.38 Å². The molecule has 1 amide bonds. The first-order valence-electron chi connectivity index (χ1n) is 8.10. The van der Waals surface area contributed by atoms with Crippen molar-refractivity contribution in [1.82, 2.24) is 14.3 Å². The van der Waals surface area contributed by atoms with E-state index in [4.69, 9.17) is 11.6 Å². The Morgan fingerprint density at radius 2 is 2.12 bits per heavy atom. The van der Waals surface area contributed by atoms with E-state index in [9.17, 15) is 4.79 Å². The van der Waals surface area contributed by atoms with Gasteiger partial charge in [-0.05, 0) is 19.4 Å². The summed E-state index contributed by atoms with van der Waals surface area (Å²) in [6.07, 6.45) is 0.745. The lowest BCUT2D eigenvalue weighted by atomic mass is 10.1. The van der Waals surface area contributed by atoms with Crippen LogP contribution in [0.25, 0.3) is 0 Å². The molecule has 1 saturated heterocycles. The third-order valence-electron chi connectivity index (χ3n) is 4.18. The van der Waals surface area contributed by atoms with Gasteiger partial charge >= 0.3 is 0 Å². The van der Waals surface area contributed by atoms with E-state index >= 15 is 0 Å². The average Bonchev–Trinajstić information content (AvgIpc) is 3.03. The van der Waals surface area contributed by atoms with Crippen LogP contribution in [-0.4, -0.2) is 51.2 Å². The zero-order valence-corrected chi connectivity index (χ0v) is 15.4. The molecule has 0 bridgehead atoms. The molecule has 1 aliphatic heterocycles. The summed E-state index contributed by atoms with van der Waals surface area (Å²) in [5, 5.41) is 0.455. The summed E-state index contributed by atoms with van der Waals surface area (Å²) in [5.74, 6) is 0.854. The number of hydrogen-bond acceptors (Lipinski definition) is 5. The van der Waals surface area contributed by atoms with Gasteiger partial charge in [-0.25, -0.2) is 4.98 Å². The van der Waals surface area contributed by atoms with Crippen LogP contribution in [0.2, 0.25) is 0 Å². The predicted octanol–water partition coefficient (Wildman–Crippen LogP) is 2.79. The molecule has 0 spiro atoms. The Labute approximate surface area is 151 Å². The number of amides is 1. The maximum absolute atomic E-state index is 12.1. The second-order valence-corrected chi connectivity index (χ2v) is 7.48. The Kier molecular flexibility index (Phi) is 5.36. The van der Waals surface area contributed by atoms with Gasteiger partial charge in [-0.15, -0.1) is 11.6 Å². The van der Waals surface area contributed by atoms with Crippen LogP contribution < -0.4 is 4.90 Å². The van der Waals surface area contributed by atoms with Gasteiger partial charge in [0, 0.05) is 43.6 Å². The molecule has 2 atom stereocenters. The fourth-order valence-corrected chi connectivity index (χ4v) is 3.76. The highest BCUT2D eigenvalue weighted by atomic mass is 35.5. The molecule has 1 aromatic heterocycles. The van der Waals surface area contributed by atoms with Gasteiger partial charge in [-0.3, -0.25) is 4.79 Å². The number of piperazine rings is 1. The van der Waals surface area contributed by atoms with Gasteiger partial charge in [0.15, 0.2) is 0 Å². The minimum atomic E-state index is -0.474. The number of hydrogen-bond donors (Lipinski definition) is 0. The van der Waals surface area contributed by atoms with E-state index in [0.717, 1.165) is 30.5 Å². The lowest BCUT2D eigenvalue weighted by molar-refractivity contribution is -0.132. The SMILES string of the molecule is CC(Cl)C(=O)N1CCN(c2nc(Cc3ccccc3)ns2)CC1C. The molecule has 1 aliphatic rings. The van der Waals surface area contributed by atoms with Gasteiger partial charge in [0.25, 0.3) is 0 Å². The number of benzene rings is 1. The Morgan fingerprint density at radius 1 is 1.38 bits per heavy atom. The van der Waals surface area contributed by atoms with Crippen molar-refractivity contribution >= 4 is 34.2 Å². The fraction of sp³-hybridized carbons (Fsp3) is 0.471. The van der Waals surface area contributed by atoms with E-state index in [2.05, 4.69) is 33.3 Å². The van der Waals surface area contributed by atoms with Crippen LogP contribution in [0.5, 0.6) is 0 Å². The molecule has 2 unspecified atom stereocenters. The maximum Gasteiger partial charge on any atom is 0.240 e. The van der Waals surface area contributed by atoms with Crippen molar-refractivity contribution in [1.29, 1.82) is 0 Å². The van der Waals surface area contributed by atoms with Gasteiger partial charge in [-0.2, -0.15) is 4.37 Å². The molecule has 3 rings (SSSR count). The smallest absolute Gasteiger partial charge is 0.240 e. The first kappa shape index (κ1) is 17.2. The summed E-state index contributed by atoms with van der Waals surface area (Å²) < 4.78 is 4.48. The average molecular weight is 365 g/mol. The minimum Gasteiger partial charge on any atom is -0.343 e. The summed E-state index contributed by atoms with van der Waals surface area (Å²) >= 11 is 7.36. The van der Waals surface area contributed by atoms with Crippen molar-refractivity contribution in [2.75, 3.05) is 24.5 Å². The molecule has 24 heavy (non-hydrogen) atoms. The highest BCUT2D eigenvalue weighted by Gasteiger charge is 2.30. The first-order chi connectivity index (χ1) is 11.5. The second-order valence-electron chi connectivity index (χ2n) is 6.10. The Morgan fingerprint density at radius 3 is 2.79 bits per heavy atom. The standard InChI is InChI=1S/C17H21ClN4OS/c1-12-11-21(8-9-22(12)16(23)13(2)18)17-19-15(20-24-17)10-14-6-4-3-5-7-14/h3-7,12-13H,8-11H2,1-2H3. The van der Waals surface area contributed by atoms with Crippen molar-refractivity contribution in [3.05, 3.63) is 41.7 Å². The molecular formula is C17H21ClN4OS. The van der Waals surface area contributed by atoms with E-state index in [-0.39, 0.29) is 11.9 Å². The second kappa shape index (κ2) is 7.49. The van der Waals surface area contributed by atoms with Crippen molar-refractivity contribution in [3.8, 4) is 0 Å². The van der Waals surface area contributed by atoms with E-state index in [0.29, 0.717) is 6.54 Å². The van der Waals surface area contributed by atoms with Crippen LogP contribution in [0.4, 0.5) is 5.13 Å². The summed E-state index contributed by atoms with van der Waals surface area (Å²) in [5.41, 5.74) is 1.21. The van der Waals surface area contributed by atoms with Crippen LogP contribution in [0.15, 0.2) is 30.3 Å². The Hall–Kier alpha value is -1.66. The van der Waals surface area contributed by atoms with Crippen LogP contribution in [-0.2, 0) is 11.2 Å². The highest BCUT2D eigenvalue weighted by molar-refractivity contribution is 7.09. The topological polar surface area (TPSA) is 49.3 Å². The molecule has 0 N–H and O–H groups in total. The molecule has 0 radical (unpaired) electrons. The summed E-state index contributed by atoms with van der Waals surface area (Å²) in [7, 11) is 0. The van der Waals surface area contributed by atoms with E-state index in [1.165, 1.54) is 17.1 Å². The van der Waals surface area contributed by atoms with Crippen molar-refractivity contribution in [2.24, 2.45) is 0 Å². The first-order valence-corrected chi connectivity index (χ1v) is 9.31. The minimum absolute atomic E-state index is 0.00541. The van der Waals surface area contributed by atoms with Gasteiger partial charge in [0.2, 0.25) is 11.0 Å². The molecule has 128 valence electrons. The van der Waals surface area contributed by atoms with Gasteiger partial charge < -0.3 is 9.80 Å². The molecule has 1 fully saturated rings. The Bertz CT molecular complexity index is 691. The van der Waals surface area contributed by atoms with Crippen molar-refractivity contribution < 1.29 is 4.79 Å². The normalized spacial score (nSPS) is 19.4. The van der Waals surface area contributed by atoms with Crippen molar-refractivity contribution in [2.45, 2.75) is 31.7 Å². The molecular weight excluding hydrogens is 344 g/mol. The molecule has 5 nitrogen and oxygen atoms in total. The largest absolute Gasteiger partial charge is 0.343 e. The number of halogens is 1. The molecule has 1 aromatic carbocycles. The zero-order chi connectivity index (χ0) is 17.1. The molecule has 0 saturated carbocycles. The van der Waals surface area contributed by atoms with Gasteiger partial charge in [0.05, 0.1) is 0 Å². The number of rotatable bonds is 4. The number of nitrogens with zero attached hydrogens (tertiary/aromatic N) is 4. The van der Waals surface area contributed by atoms with Crippen LogP contribution in [0, 0.1) is 0 Å². The molecule has 7 heteroatoms. The van der Waals surface area contributed by atoms with Crippen molar-refractivity contribution in [3.63, 3.8) is 0 Å². The lowest BCUT2D eigenvalue weighted by Crippen LogP contribution is -2.55. The molecule has 0 aliphatic carbocycles. The quantitative estimate of drug-likeness (QED) is 0.783. The molecule has 2 heterocycles. The van der Waals surface area contributed by atoms with E-state index in [1.54, 1.807) is 6.92 Å². The number of anilines is 1. The third-order valence-corrected chi connectivity index (χ3v) is 5.19. The maximum atomic E-state index is 12.1. The number of alkyl halides is 1. The van der Waals surface area contributed by atoms with Crippen LogP contribution >= 0.6 is 23.1 Å². The summed E-state index contributed by atoms with van der Waals surface area (Å²) in [6, 6.07) is 10.3. The number of carbonyl (C=O) groups excluding carboxylic acids is 1. The molecule has 2 aromatic rings. The van der Waals surface area contributed by atoms with Gasteiger partial charge in [0.1, 0.15) is 11.2 Å². The highest BCUT2D eigenvalue weighted by Crippen LogP contribution is 2.23. The fourth-order valence-electron chi connectivity index (χ4n) is 2.91. The zero-order valence-electron chi connectivity index (χ0n) is 13.9. The van der Waals surface area contributed by atoms with E-state index in [1.807, 2.05) is 23.1 Å². The lowest BCUT2D eigenvalue weighted by Gasteiger charge is -2.40. The monoisotopic (exact) mass is 364 g/mol. The number of aromatic nitrogens is 2. The predicted molar refractivity (Wildman–Crippen MR) is 97.9 cm³/mol. The van der Waals surface area contributed by atoms with Crippen LogP contribution in [0.3, 0.4) is 0 Å². The van der Waals surface area contributed by atoms with Crippen LogP contribution in [0.1, 0.15) is 25.2 Å².